The van der Waals surface area contributed by atoms with Gasteiger partial charge in [0.05, 0.1) is 22.3 Å². The lowest BCUT2D eigenvalue weighted by Crippen LogP contribution is -2.32. The molecule has 0 fully saturated rings. The summed E-state index contributed by atoms with van der Waals surface area (Å²) in [5.41, 5.74) is 9.63. The third-order valence-corrected chi connectivity index (χ3v) is 8.35. The zero-order chi connectivity index (χ0) is 35.8. The normalized spacial score (nSPS) is 14.7. The molecule has 0 aliphatic rings. The van der Waals surface area contributed by atoms with Gasteiger partial charge in [-0.25, -0.2) is 4.57 Å². The number of pyridine rings is 1. The van der Waals surface area contributed by atoms with E-state index in [2.05, 4.69) is 91.0 Å². The van der Waals surface area contributed by atoms with E-state index in [0.29, 0.717) is 5.78 Å². The van der Waals surface area contributed by atoms with Crippen molar-refractivity contribution in [3.8, 4) is 28.1 Å². The van der Waals surface area contributed by atoms with Crippen LogP contribution in [-0.2, 0) is 13.4 Å². The molecule has 6 aromatic rings. The Morgan fingerprint density at radius 3 is 2.18 bits per heavy atom. The third kappa shape index (κ3) is 5.23. The number of nitrogens with zero attached hydrogens (tertiary/aromatic N) is 5. The Labute approximate surface area is 269 Å². The summed E-state index contributed by atoms with van der Waals surface area (Å²) >= 11 is 0. The van der Waals surface area contributed by atoms with Gasteiger partial charge >= 0.3 is 0 Å². The average Bonchev–Trinajstić information content (AvgIpc) is 3.60. The highest BCUT2D eigenvalue weighted by Gasteiger charge is 2.26. The zero-order valence-corrected chi connectivity index (χ0v) is 27.3. The molecular formula is C39H46N5+. The first-order valence-electron chi connectivity index (χ1n) is 18.0. The highest BCUT2D eigenvalue weighted by atomic mass is 15.3. The Bertz CT molecular complexity index is 2170. The van der Waals surface area contributed by atoms with Gasteiger partial charge in [-0.2, -0.15) is 0 Å². The molecule has 0 spiro atoms. The predicted molar refractivity (Wildman–Crippen MR) is 183 cm³/mol. The molecule has 0 atom stereocenters. The maximum absolute atomic E-state index is 9.14. The number of fused-ring (bicyclic) bond motifs is 3. The van der Waals surface area contributed by atoms with Crippen molar-refractivity contribution >= 4 is 16.8 Å². The van der Waals surface area contributed by atoms with Crippen molar-refractivity contribution in [1.82, 2.24) is 19.2 Å². The summed E-state index contributed by atoms with van der Waals surface area (Å²) in [6.45, 7) is 13.8. The fourth-order valence-electron chi connectivity index (χ4n) is 6.25. The molecule has 0 unspecified atom stereocenters. The summed E-state index contributed by atoms with van der Waals surface area (Å²) in [5.74, 6) is 1.11. The second-order valence-corrected chi connectivity index (χ2v) is 13.6. The van der Waals surface area contributed by atoms with E-state index in [4.69, 9.17) is 6.85 Å². The quantitative estimate of drug-likeness (QED) is 0.182. The van der Waals surface area contributed by atoms with Gasteiger partial charge in [0.15, 0.2) is 6.20 Å². The van der Waals surface area contributed by atoms with Gasteiger partial charge in [-0.3, -0.25) is 8.97 Å². The molecule has 0 amide bonds. The van der Waals surface area contributed by atoms with Gasteiger partial charge in [-0.15, -0.1) is 10.2 Å². The third-order valence-electron chi connectivity index (χ3n) is 8.35. The van der Waals surface area contributed by atoms with Crippen molar-refractivity contribution in [2.24, 2.45) is 12.5 Å². The first-order chi connectivity index (χ1) is 22.8. The molecule has 0 bridgehead atoms. The van der Waals surface area contributed by atoms with Gasteiger partial charge in [-0.1, -0.05) is 78.8 Å². The predicted octanol–water partition coefficient (Wildman–Crippen LogP) is 9.28. The summed E-state index contributed by atoms with van der Waals surface area (Å²) < 4.78 is 49.2. The van der Waals surface area contributed by atoms with Gasteiger partial charge in [-0.05, 0) is 95.0 Å². The molecule has 0 N–H and O–H groups in total. The summed E-state index contributed by atoms with van der Waals surface area (Å²) in [4.78, 5) is 0. The molecule has 5 heteroatoms. The molecule has 3 aromatic carbocycles. The van der Waals surface area contributed by atoms with Crippen LogP contribution in [0.3, 0.4) is 0 Å². The van der Waals surface area contributed by atoms with Crippen LogP contribution < -0.4 is 4.57 Å². The first kappa shape index (κ1) is 24.1. The molecule has 0 radical (unpaired) electrons. The molecular weight excluding hydrogens is 538 g/mol. The van der Waals surface area contributed by atoms with Gasteiger partial charge in [0.2, 0.25) is 11.5 Å². The van der Waals surface area contributed by atoms with Crippen molar-refractivity contribution in [3.63, 3.8) is 0 Å². The van der Waals surface area contributed by atoms with Gasteiger partial charge in [0, 0.05) is 18.5 Å². The van der Waals surface area contributed by atoms with Crippen LogP contribution in [0.1, 0.15) is 95.0 Å². The van der Waals surface area contributed by atoms with E-state index in [9.17, 15) is 0 Å². The Morgan fingerprint density at radius 1 is 0.886 bits per heavy atom. The van der Waals surface area contributed by atoms with E-state index < -0.39 is 18.6 Å². The van der Waals surface area contributed by atoms with Gasteiger partial charge in [0.25, 0.3) is 0 Å². The number of benzene rings is 3. The second kappa shape index (κ2) is 11.0. The van der Waals surface area contributed by atoms with E-state index in [1.165, 1.54) is 22.3 Å². The van der Waals surface area contributed by atoms with E-state index >= 15 is 0 Å². The van der Waals surface area contributed by atoms with Gasteiger partial charge in [0.1, 0.15) is 13.4 Å². The first-order valence-corrected chi connectivity index (χ1v) is 15.5. The van der Waals surface area contributed by atoms with Crippen LogP contribution in [0.2, 0.25) is 0 Å². The minimum absolute atomic E-state index is 0.0204. The number of rotatable bonds is 6. The molecule has 0 saturated heterocycles. The largest absolute Gasteiger partial charge is 0.276 e. The van der Waals surface area contributed by atoms with Crippen LogP contribution in [0, 0.1) is 19.2 Å². The lowest BCUT2D eigenvalue weighted by Gasteiger charge is -2.23. The van der Waals surface area contributed by atoms with Crippen LogP contribution in [-0.4, -0.2) is 19.2 Å². The van der Waals surface area contributed by atoms with Crippen molar-refractivity contribution in [2.75, 3.05) is 0 Å². The van der Waals surface area contributed by atoms with Crippen LogP contribution >= 0.6 is 0 Å². The fourth-order valence-corrected chi connectivity index (χ4v) is 6.25. The van der Waals surface area contributed by atoms with E-state index in [1.807, 2.05) is 29.0 Å². The number of hydrogen-bond acceptors (Lipinski definition) is 2. The van der Waals surface area contributed by atoms with E-state index in [1.54, 1.807) is 39.4 Å². The van der Waals surface area contributed by atoms with Crippen molar-refractivity contribution in [1.29, 1.82) is 0 Å². The summed E-state index contributed by atoms with van der Waals surface area (Å²) in [6, 6.07) is 21.1. The highest BCUT2D eigenvalue weighted by molar-refractivity contribution is 5.89. The molecule has 44 heavy (non-hydrogen) atoms. The van der Waals surface area contributed by atoms with Crippen molar-refractivity contribution in [2.45, 2.75) is 80.5 Å². The van der Waals surface area contributed by atoms with E-state index in [-0.39, 0.29) is 23.0 Å². The van der Waals surface area contributed by atoms with Crippen LogP contribution in [0.25, 0.3) is 44.9 Å². The minimum Gasteiger partial charge on any atom is -0.276 e. The summed E-state index contributed by atoms with van der Waals surface area (Å²) in [7, 11) is 1.83. The maximum atomic E-state index is 9.14. The Kier molecular flexibility index (Phi) is 6.05. The minimum atomic E-state index is -2.48. The molecule has 0 aliphatic carbocycles. The molecule has 0 aliphatic heterocycles. The molecule has 0 saturated carbocycles. The zero-order valence-electron chi connectivity index (χ0n) is 32.3. The van der Waals surface area contributed by atoms with Crippen LogP contribution in [0.4, 0.5) is 0 Å². The summed E-state index contributed by atoms with van der Waals surface area (Å²) in [5, 5.41) is 8.96. The Morgan fingerprint density at radius 2 is 1.57 bits per heavy atom. The Balaban J connectivity index is 1.70. The number of imidazole rings is 1. The SMILES string of the molecule is [2H]C([2H])([2H])c1c[n+](C)c(-c2cc3c(cc2C)n2cnnc2n3-c2c(C(C)C)cc(-c3ccccc3)cc2C(C)C)cc1C([2H])([2H])C(C)(C)C. The lowest BCUT2D eigenvalue weighted by molar-refractivity contribution is -0.660. The number of aryl methyl sites for hydroxylation is 3. The highest BCUT2D eigenvalue weighted by Crippen LogP contribution is 2.40. The maximum Gasteiger partial charge on any atom is 0.240 e. The number of aromatic nitrogens is 5. The van der Waals surface area contributed by atoms with Crippen molar-refractivity contribution < 1.29 is 11.4 Å². The summed E-state index contributed by atoms with van der Waals surface area (Å²) in [6.07, 6.45) is 1.41. The number of hydrogen-bond donors (Lipinski definition) is 0. The Hall–Kier alpha value is -4.25. The average molecular weight is 590 g/mol. The monoisotopic (exact) mass is 589 g/mol. The van der Waals surface area contributed by atoms with E-state index in [0.717, 1.165) is 33.5 Å². The van der Waals surface area contributed by atoms with Gasteiger partial charge < -0.3 is 0 Å². The fraction of sp³-hybridized carbons (Fsp3) is 0.359. The molecule has 226 valence electrons. The standard InChI is InChI=1S/C39H46N5/c1-24(2)31-17-29(28-14-12-11-13-15-28)18-32(25(3)4)37(31)44-36-20-33(26(5)16-35(36)43-23-40-41-38(43)44)34-19-30(21-39(7,8)9)27(6)22-42(34)10/h11-20,22-25H,21H2,1-10H3/q+1/i6D3,21D2. The van der Waals surface area contributed by atoms with Crippen molar-refractivity contribution in [3.05, 3.63) is 101 Å². The van der Waals surface area contributed by atoms with Crippen LogP contribution in [0.15, 0.2) is 73.2 Å². The molecule has 3 heterocycles. The lowest BCUT2D eigenvalue weighted by atomic mass is 9.86. The molecule has 6 rings (SSSR count). The smallest absolute Gasteiger partial charge is 0.240 e. The second-order valence-electron chi connectivity index (χ2n) is 13.6. The van der Waals surface area contributed by atoms with Crippen LogP contribution in [0.5, 0.6) is 0 Å². The molecule has 5 nitrogen and oxygen atoms in total. The molecule has 3 aromatic heterocycles. The topological polar surface area (TPSA) is 39.0 Å².